The number of carbonyl (C=O) groups is 1. The van der Waals surface area contributed by atoms with Crippen LogP contribution in [-0.4, -0.2) is 37.8 Å². The number of aromatic nitrogens is 1. The Morgan fingerprint density at radius 2 is 1.87 bits per heavy atom. The quantitative estimate of drug-likeness (QED) is 0.153. The number of amides is 1. The van der Waals surface area contributed by atoms with Gasteiger partial charge in [-0.2, -0.15) is 0 Å². The first-order valence-corrected chi connectivity index (χ1v) is 17.0. The molecule has 1 saturated carbocycles. The Labute approximate surface area is 273 Å². The lowest BCUT2D eigenvalue weighted by molar-refractivity contribution is -0.124. The average molecular weight is 636 g/mol. The van der Waals surface area contributed by atoms with Crippen LogP contribution in [0.3, 0.4) is 0 Å². The maximum atomic E-state index is 14.6. The fourth-order valence-corrected chi connectivity index (χ4v) is 7.69. The molecule has 2 N–H and O–H groups in total. The van der Waals surface area contributed by atoms with E-state index in [4.69, 9.17) is 14.5 Å². The highest BCUT2D eigenvalue weighted by Gasteiger charge is 2.24. The Balaban J connectivity index is 1.37. The Morgan fingerprint density at radius 3 is 2.74 bits per heavy atom. The summed E-state index contributed by atoms with van der Waals surface area (Å²) in [5.74, 6) is 0.329. The van der Waals surface area contributed by atoms with Gasteiger partial charge in [-0.25, -0.2) is 9.37 Å². The summed E-state index contributed by atoms with van der Waals surface area (Å²) in [6.45, 7) is 2.97. The molecule has 8 heteroatoms. The molecule has 3 heterocycles. The van der Waals surface area contributed by atoms with Gasteiger partial charge in [0, 0.05) is 64.5 Å². The Morgan fingerprint density at radius 1 is 1.00 bits per heavy atom. The predicted molar refractivity (Wildman–Crippen MR) is 182 cm³/mol. The minimum atomic E-state index is -0.367. The normalized spacial score (nSPS) is 14.8. The largest absolute Gasteiger partial charge is 0.490 e. The number of hydrogen-bond donors (Lipinski definition) is 2. The molecule has 1 fully saturated rings. The molecule has 0 radical (unpaired) electrons. The van der Waals surface area contributed by atoms with Crippen molar-refractivity contribution in [1.29, 1.82) is 0 Å². The van der Waals surface area contributed by atoms with Gasteiger partial charge in [0.05, 0.1) is 18.0 Å². The molecule has 236 valence electrons. The van der Waals surface area contributed by atoms with E-state index in [2.05, 4.69) is 52.4 Å². The van der Waals surface area contributed by atoms with Crippen LogP contribution in [0.15, 0.2) is 72.1 Å². The second-order valence-corrected chi connectivity index (χ2v) is 13.1. The van der Waals surface area contributed by atoms with Gasteiger partial charge in [-0.1, -0.05) is 43.2 Å². The van der Waals surface area contributed by atoms with Gasteiger partial charge in [0.2, 0.25) is 5.91 Å². The van der Waals surface area contributed by atoms with Gasteiger partial charge in [0.15, 0.2) is 0 Å². The molecule has 2 aliphatic rings. The first kappa shape index (κ1) is 30.5. The van der Waals surface area contributed by atoms with Gasteiger partial charge in [0.1, 0.15) is 18.2 Å². The topological polar surface area (TPSA) is 72.5 Å². The molecule has 7 rings (SSSR count). The molecule has 0 unspecified atom stereocenters. The molecule has 5 aromatic rings. The van der Waals surface area contributed by atoms with Gasteiger partial charge in [-0.3, -0.25) is 4.79 Å². The molecular weight excluding hydrogens is 598 g/mol. The van der Waals surface area contributed by atoms with Crippen LogP contribution in [-0.2, 0) is 29.0 Å². The van der Waals surface area contributed by atoms with Crippen molar-refractivity contribution in [2.45, 2.75) is 45.2 Å². The second kappa shape index (κ2) is 13.7. The van der Waals surface area contributed by atoms with Gasteiger partial charge in [0.25, 0.3) is 0 Å². The maximum absolute atomic E-state index is 14.6. The minimum absolute atomic E-state index is 0.114. The third-order valence-corrected chi connectivity index (χ3v) is 10.1. The average Bonchev–Trinajstić information content (AvgIpc) is 3.81. The molecule has 0 bridgehead atoms. The number of nitrogens with zero attached hydrogens (tertiary/aromatic N) is 1. The van der Waals surface area contributed by atoms with E-state index in [-0.39, 0.29) is 17.6 Å². The summed E-state index contributed by atoms with van der Waals surface area (Å²) < 4.78 is 27.0. The third kappa shape index (κ3) is 6.30. The highest BCUT2D eigenvalue weighted by Crippen LogP contribution is 2.46. The number of halogens is 1. The highest BCUT2D eigenvalue weighted by molar-refractivity contribution is 7.18. The standard InChI is InChI=1S/C38H38FN3O3S/c1-44-16-17-45-33-21-30(39)11-12-31(33)34-36(27-8-4-5-24(19-27)22-41-38(43)25-6-2-3-7-25)42-35(32-14-18-46-37(32)34)28-9-10-29-23-40-15-13-26(29)20-28/h4-5,8-12,14,18-21,25,40H,2-3,6-7,13,15-17,22-23H2,1H3,(H,41,43). The Kier molecular flexibility index (Phi) is 9.10. The van der Waals surface area contributed by atoms with Crippen LogP contribution in [0.1, 0.15) is 42.4 Å². The van der Waals surface area contributed by atoms with E-state index in [9.17, 15) is 9.18 Å². The fourth-order valence-electron chi connectivity index (χ4n) is 6.74. The number of rotatable bonds is 10. The summed E-state index contributed by atoms with van der Waals surface area (Å²) in [6.07, 6.45) is 5.16. The van der Waals surface area contributed by atoms with E-state index in [1.165, 1.54) is 23.3 Å². The molecular formula is C38H38FN3O3S. The molecule has 46 heavy (non-hydrogen) atoms. The number of pyridine rings is 1. The number of benzene rings is 3. The third-order valence-electron chi connectivity index (χ3n) is 9.13. The Hall–Kier alpha value is -4.11. The second-order valence-electron chi connectivity index (χ2n) is 12.1. The van der Waals surface area contributed by atoms with Crippen LogP contribution >= 0.6 is 11.3 Å². The Bertz CT molecular complexity index is 1880. The maximum Gasteiger partial charge on any atom is 0.223 e. The smallest absolute Gasteiger partial charge is 0.223 e. The van der Waals surface area contributed by atoms with E-state index in [1.54, 1.807) is 24.5 Å². The molecule has 1 amide bonds. The lowest BCUT2D eigenvalue weighted by atomic mass is 9.93. The minimum Gasteiger partial charge on any atom is -0.490 e. The fraction of sp³-hybridized carbons (Fsp3) is 0.316. The zero-order valence-corrected chi connectivity index (χ0v) is 26.9. The number of fused-ring (bicyclic) bond motifs is 2. The number of methoxy groups -OCH3 is 1. The summed E-state index contributed by atoms with van der Waals surface area (Å²) in [5, 5.41) is 9.77. The lowest BCUT2D eigenvalue weighted by Crippen LogP contribution is -2.28. The van der Waals surface area contributed by atoms with E-state index in [1.807, 2.05) is 12.1 Å². The predicted octanol–water partition coefficient (Wildman–Crippen LogP) is 7.91. The number of carbonyl (C=O) groups excluding carboxylic acids is 1. The van der Waals surface area contributed by atoms with E-state index in [0.29, 0.717) is 25.5 Å². The zero-order chi connectivity index (χ0) is 31.5. The molecule has 3 aromatic carbocycles. The molecule has 0 spiro atoms. The number of hydrogen-bond acceptors (Lipinski definition) is 6. The lowest BCUT2D eigenvalue weighted by Gasteiger charge is -2.20. The van der Waals surface area contributed by atoms with Crippen molar-refractivity contribution in [3.8, 4) is 39.4 Å². The number of nitrogens with one attached hydrogen (secondary N) is 2. The van der Waals surface area contributed by atoms with Crippen molar-refractivity contribution in [2.24, 2.45) is 5.92 Å². The van der Waals surface area contributed by atoms with E-state index >= 15 is 0 Å². The molecule has 0 saturated heterocycles. The summed E-state index contributed by atoms with van der Waals surface area (Å²) in [5.41, 5.74) is 9.05. The number of ether oxygens (including phenoxy) is 2. The molecule has 6 nitrogen and oxygen atoms in total. The first-order chi connectivity index (χ1) is 22.6. The first-order valence-electron chi connectivity index (χ1n) is 16.1. The monoisotopic (exact) mass is 635 g/mol. The summed E-state index contributed by atoms with van der Waals surface area (Å²) in [7, 11) is 1.62. The molecule has 1 aliphatic heterocycles. The molecule has 1 aliphatic carbocycles. The van der Waals surface area contributed by atoms with Crippen molar-refractivity contribution in [3.05, 3.63) is 94.6 Å². The van der Waals surface area contributed by atoms with E-state index in [0.717, 1.165) is 94.5 Å². The summed E-state index contributed by atoms with van der Waals surface area (Å²) in [6, 6.07) is 21.7. The highest BCUT2D eigenvalue weighted by atomic mass is 32.1. The van der Waals surface area contributed by atoms with E-state index < -0.39 is 0 Å². The van der Waals surface area contributed by atoms with Crippen molar-refractivity contribution in [1.82, 2.24) is 15.6 Å². The van der Waals surface area contributed by atoms with Crippen molar-refractivity contribution in [2.75, 3.05) is 26.9 Å². The molecule has 0 atom stereocenters. The van der Waals surface area contributed by atoms with Gasteiger partial charge < -0.3 is 20.1 Å². The van der Waals surface area contributed by atoms with Crippen LogP contribution in [0, 0.1) is 11.7 Å². The van der Waals surface area contributed by atoms with Gasteiger partial charge in [-0.15, -0.1) is 11.3 Å². The summed E-state index contributed by atoms with van der Waals surface area (Å²) in [4.78, 5) is 18.3. The SMILES string of the molecule is COCCOc1cc(F)ccc1-c1c(-c2cccc(CNC(=O)C3CCCC3)c2)nc(-c2ccc3c(c2)CCNC3)c2ccsc12. The van der Waals surface area contributed by atoms with Crippen molar-refractivity contribution < 1.29 is 18.7 Å². The van der Waals surface area contributed by atoms with Crippen LogP contribution < -0.4 is 15.4 Å². The van der Waals surface area contributed by atoms with Gasteiger partial charge >= 0.3 is 0 Å². The van der Waals surface area contributed by atoms with Crippen molar-refractivity contribution >= 4 is 27.3 Å². The van der Waals surface area contributed by atoms with Crippen LogP contribution in [0.25, 0.3) is 43.7 Å². The number of thiophene rings is 1. The van der Waals surface area contributed by atoms with Crippen LogP contribution in [0.4, 0.5) is 4.39 Å². The van der Waals surface area contributed by atoms with Crippen molar-refractivity contribution in [3.63, 3.8) is 0 Å². The molecule has 2 aromatic heterocycles. The van der Waals surface area contributed by atoms with Gasteiger partial charge in [-0.05, 0) is 78.2 Å². The van der Waals surface area contributed by atoms with Crippen LogP contribution in [0.5, 0.6) is 5.75 Å². The summed E-state index contributed by atoms with van der Waals surface area (Å²) >= 11 is 1.65. The zero-order valence-electron chi connectivity index (χ0n) is 26.0. The van der Waals surface area contributed by atoms with Crippen LogP contribution in [0.2, 0.25) is 0 Å².